The minimum absolute atomic E-state index is 0.212. The second kappa shape index (κ2) is 9.68. The van der Waals surface area contributed by atoms with Crippen molar-refractivity contribution in [2.24, 2.45) is 0 Å². The summed E-state index contributed by atoms with van der Waals surface area (Å²) in [7, 11) is 0. The standard InChI is InChI=1S/C22H19N5O3S/c28-21(23-12-16-5-3-6-18(11-16)27-10-4-9-25-27)22(29)26-19-7-1-2-8-20(19)30-13-17-14-31-15-24-17/h1-11,14-15H,12-13H2,(H,23,28)(H,26,29). The Morgan fingerprint density at radius 2 is 1.97 bits per heavy atom. The van der Waals surface area contributed by atoms with Crippen molar-refractivity contribution in [3.63, 3.8) is 0 Å². The molecule has 9 heteroatoms. The number of anilines is 1. The molecule has 0 unspecified atom stereocenters. The molecule has 2 aromatic carbocycles. The maximum absolute atomic E-state index is 12.4. The fraction of sp³-hybridized carbons (Fsp3) is 0.0909. The van der Waals surface area contributed by atoms with Crippen molar-refractivity contribution >= 4 is 28.8 Å². The van der Waals surface area contributed by atoms with Crippen molar-refractivity contribution in [1.29, 1.82) is 0 Å². The van der Waals surface area contributed by atoms with E-state index >= 15 is 0 Å². The first-order valence-electron chi connectivity index (χ1n) is 9.46. The minimum atomic E-state index is -0.770. The molecule has 8 nitrogen and oxygen atoms in total. The lowest BCUT2D eigenvalue weighted by molar-refractivity contribution is -0.136. The van der Waals surface area contributed by atoms with Gasteiger partial charge in [0.1, 0.15) is 12.4 Å². The van der Waals surface area contributed by atoms with E-state index in [9.17, 15) is 9.59 Å². The van der Waals surface area contributed by atoms with E-state index in [0.29, 0.717) is 11.4 Å². The summed E-state index contributed by atoms with van der Waals surface area (Å²) in [6, 6.07) is 16.3. The summed E-state index contributed by atoms with van der Waals surface area (Å²) in [6.07, 6.45) is 3.52. The Hall–Kier alpha value is -3.98. The summed E-state index contributed by atoms with van der Waals surface area (Å²) in [6.45, 7) is 0.485. The molecular formula is C22H19N5O3S. The highest BCUT2D eigenvalue weighted by molar-refractivity contribution is 7.07. The lowest BCUT2D eigenvalue weighted by Crippen LogP contribution is -2.35. The van der Waals surface area contributed by atoms with E-state index in [4.69, 9.17) is 4.74 Å². The van der Waals surface area contributed by atoms with Gasteiger partial charge in [0, 0.05) is 24.3 Å². The molecule has 0 aliphatic carbocycles. The predicted molar refractivity (Wildman–Crippen MR) is 117 cm³/mol. The van der Waals surface area contributed by atoms with Crippen LogP contribution in [0.2, 0.25) is 0 Å². The van der Waals surface area contributed by atoms with E-state index in [2.05, 4.69) is 20.7 Å². The summed E-state index contributed by atoms with van der Waals surface area (Å²) in [5, 5.41) is 11.3. The van der Waals surface area contributed by atoms with E-state index in [0.717, 1.165) is 16.9 Å². The number of hydrogen-bond acceptors (Lipinski definition) is 6. The number of para-hydroxylation sites is 2. The van der Waals surface area contributed by atoms with Crippen LogP contribution in [0.25, 0.3) is 5.69 Å². The van der Waals surface area contributed by atoms with Gasteiger partial charge in [0.25, 0.3) is 0 Å². The molecule has 0 spiro atoms. The number of amides is 2. The molecule has 0 saturated carbocycles. The van der Waals surface area contributed by atoms with Crippen LogP contribution < -0.4 is 15.4 Å². The van der Waals surface area contributed by atoms with Gasteiger partial charge in [-0.15, -0.1) is 11.3 Å². The predicted octanol–water partition coefficient (Wildman–Crippen LogP) is 3.16. The van der Waals surface area contributed by atoms with E-state index in [1.165, 1.54) is 11.3 Å². The van der Waals surface area contributed by atoms with E-state index < -0.39 is 11.8 Å². The first-order valence-corrected chi connectivity index (χ1v) is 10.4. The number of nitrogens with one attached hydrogen (secondary N) is 2. The number of carbonyl (C=O) groups is 2. The minimum Gasteiger partial charge on any atom is -0.485 e. The van der Waals surface area contributed by atoms with Crippen molar-refractivity contribution in [3.8, 4) is 11.4 Å². The number of benzene rings is 2. The number of aromatic nitrogens is 3. The van der Waals surface area contributed by atoms with Crippen molar-refractivity contribution in [3.05, 3.63) is 89.1 Å². The van der Waals surface area contributed by atoms with Gasteiger partial charge in [0.05, 0.1) is 22.6 Å². The second-order valence-electron chi connectivity index (χ2n) is 6.52. The summed E-state index contributed by atoms with van der Waals surface area (Å²) in [4.78, 5) is 28.8. The zero-order valence-corrected chi connectivity index (χ0v) is 17.2. The third-order valence-corrected chi connectivity index (χ3v) is 4.97. The van der Waals surface area contributed by atoms with Crippen LogP contribution in [0, 0.1) is 0 Å². The van der Waals surface area contributed by atoms with E-state index in [1.54, 1.807) is 40.7 Å². The molecule has 31 heavy (non-hydrogen) atoms. The Labute approximate surface area is 182 Å². The number of hydrogen-bond donors (Lipinski definition) is 2. The average Bonchev–Trinajstić information content (AvgIpc) is 3.51. The molecular weight excluding hydrogens is 414 g/mol. The monoisotopic (exact) mass is 433 g/mol. The quantitative estimate of drug-likeness (QED) is 0.436. The first-order chi connectivity index (χ1) is 15.2. The normalized spacial score (nSPS) is 10.5. The van der Waals surface area contributed by atoms with Gasteiger partial charge in [0.15, 0.2) is 0 Å². The Balaban J connectivity index is 1.34. The van der Waals surface area contributed by atoms with Gasteiger partial charge in [-0.2, -0.15) is 5.10 Å². The Kier molecular flexibility index (Phi) is 6.34. The van der Waals surface area contributed by atoms with E-state index in [1.807, 2.05) is 41.9 Å². The number of carbonyl (C=O) groups excluding carboxylic acids is 2. The molecule has 2 amide bonds. The number of nitrogens with zero attached hydrogens (tertiary/aromatic N) is 3. The lowest BCUT2D eigenvalue weighted by atomic mass is 10.2. The van der Waals surface area contributed by atoms with Crippen LogP contribution >= 0.6 is 11.3 Å². The molecule has 0 aliphatic heterocycles. The zero-order chi connectivity index (χ0) is 21.5. The van der Waals surface area contributed by atoms with Crippen LogP contribution in [-0.4, -0.2) is 26.6 Å². The van der Waals surface area contributed by atoms with Gasteiger partial charge in [-0.05, 0) is 35.9 Å². The van der Waals surface area contributed by atoms with Gasteiger partial charge < -0.3 is 15.4 Å². The zero-order valence-electron chi connectivity index (χ0n) is 16.4. The fourth-order valence-corrected chi connectivity index (χ4v) is 3.37. The van der Waals surface area contributed by atoms with Gasteiger partial charge in [-0.1, -0.05) is 24.3 Å². The summed E-state index contributed by atoms with van der Waals surface area (Å²) in [5.74, 6) is -1.05. The molecule has 2 N–H and O–H groups in total. The highest BCUT2D eigenvalue weighted by atomic mass is 32.1. The van der Waals surface area contributed by atoms with Crippen LogP contribution in [-0.2, 0) is 22.7 Å². The maximum Gasteiger partial charge on any atom is 0.313 e. The van der Waals surface area contributed by atoms with Gasteiger partial charge >= 0.3 is 11.8 Å². The highest BCUT2D eigenvalue weighted by Gasteiger charge is 2.16. The molecule has 156 valence electrons. The van der Waals surface area contributed by atoms with Gasteiger partial charge in [0.2, 0.25) is 0 Å². The second-order valence-corrected chi connectivity index (χ2v) is 7.24. The smallest absolute Gasteiger partial charge is 0.313 e. The highest BCUT2D eigenvalue weighted by Crippen LogP contribution is 2.24. The average molecular weight is 433 g/mol. The first kappa shape index (κ1) is 20.3. The lowest BCUT2D eigenvalue weighted by Gasteiger charge is -2.12. The molecule has 0 atom stereocenters. The molecule has 4 aromatic rings. The third kappa shape index (κ3) is 5.34. The van der Waals surface area contributed by atoms with Crippen molar-refractivity contribution in [2.75, 3.05) is 5.32 Å². The fourth-order valence-electron chi connectivity index (χ4n) is 2.83. The summed E-state index contributed by atoms with van der Waals surface area (Å²) >= 11 is 1.48. The van der Waals surface area contributed by atoms with E-state index in [-0.39, 0.29) is 13.2 Å². The van der Waals surface area contributed by atoms with Crippen LogP contribution in [0.1, 0.15) is 11.3 Å². The largest absolute Gasteiger partial charge is 0.485 e. The summed E-state index contributed by atoms with van der Waals surface area (Å²) in [5.41, 5.74) is 4.65. The molecule has 4 rings (SSSR count). The molecule has 0 fully saturated rings. The SMILES string of the molecule is O=C(NCc1cccc(-n2cccn2)c1)C(=O)Nc1ccccc1OCc1cscn1. The molecule has 0 aliphatic rings. The molecule has 0 bridgehead atoms. The van der Waals surface area contributed by atoms with Crippen molar-refractivity contribution < 1.29 is 14.3 Å². The van der Waals surface area contributed by atoms with Crippen LogP contribution in [0.15, 0.2) is 77.9 Å². The Morgan fingerprint density at radius 3 is 2.77 bits per heavy atom. The number of ether oxygens (including phenoxy) is 1. The molecule has 2 aromatic heterocycles. The summed E-state index contributed by atoms with van der Waals surface area (Å²) < 4.78 is 7.45. The Morgan fingerprint density at radius 1 is 1.06 bits per heavy atom. The Bertz CT molecular complexity index is 1160. The third-order valence-electron chi connectivity index (χ3n) is 4.33. The molecule has 2 heterocycles. The van der Waals surface area contributed by atoms with Gasteiger partial charge in [-0.3, -0.25) is 9.59 Å². The van der Waals surface area contributed by atoms with Gasteiger partial charge in [-0.25, -0.2) is 9.67 Å². The van der Waals surface area contributed by atoms with Crippen LogP contribution in [0.4, 0.5) is 5.69 Å². The topological polar surface area (TPSA) is 98.1 Å². The van der Waals surface area contributed by atoms with Crippen LogP contribution in [0.3, 0.4) is 0 Å². The number of rotatable bonds is 7. The molecule has 0 saturated heterocycles. The van der Waals surface area contributed by atoms with Crippen LogP contribution in [0.5, 0.6) is 5.75 Å². The molecule has 0 radical (unpaired) electrons. The van der Waals surface area contributed by atoms with Crippen molar-refractivity contribution in [1.82, 2.24) is 20.1 Å². The number of thiazole rings is 1. The maximum atomic E-state index is 12.4. The van der Waals surface area contributed by atoms with Crippen molar-refractivity contribution in [2.45, 2.75) is 13.2 Å².